The van der Waals surface area contributed by atoms with E-state index < -0.39 is 31.3 Å². The van der Waals surface area contributed by atoms with Crippen LogP contribution in [0.15, 0.2) is 45.9 Å². The van der Waals surface area contributed by atoms with Crippen molar-refractivity contribution in [3.63, 3.8) is 0 Å². The Labute approximate surface area is 127 Å². The van der Waals surface area contributed by atoms with Crippen molar-refractivity contribution in [1.29, 1.82) is 0 Å². The predicted octanol–water partition coefficient (Wildman–Crippen LogP) is 2.69. The number of pyridine rings is 1. The topological polar surface area (TPSA) is 102 Å². The molecule has 0 amide bonds. The van der Waals surface area contributed by atoms with Gasteiger partial charge < -0.3 is 0 Å². The zero-order valence-electron chi connectivity index (χ0n) is 10.2. The van der Waals surface area contributed by atoms with Crippen LogP contribution in [0, 0.1) is 15.9 Å². The number of hydrogen-bond donors (Lipinski definition) is 1. The van der Waals surface area contributed by atoms with Crippen LogP contribution < -0.4 is 4.72 Å². The van der Waals surface area contributed by atoms with E-state index >= 15 is 0 Å². The molecule has 110 valence electrons. The SMILES string of the molecule is O=[N+]([O-])c1ccc(F)c(S(=O)(=O)Nc2ccc(Br)cn2)c1. The van der Waals surface area contributed by atoms with Crippen molar-refractivity contribution in [2.75, 3.05) is 4.72 Å². The molecule has 0 saturated carbocycles. The second-order valence-electron chi connectivity index (χ2n) is 3.84. The maximum atomic E-state index is 13.6. The second kappa shape index (κ2) is 5.74. The summed E-state index contributed by atoms with van der Waals surface area (Å²) in [6, 6.07) is 5.15. The highest BCUT2D eigenvalue weighted by Gasteiger charge is 2.23. The number of benzene rings is 1. The molecule has 1 heterocycles. The molecule has 0 radical (unpaired) electrons. The van der Waals surface area contributed by atoms with E-state index in [1.807, 2.05) is 4.72 Å². The minimum atomic E-state index is -4.32. The number of nitrogens with zero attached hydrogens (tertiary/aromatic N) is 2. The maximum absolute atomic E-state index is 13.6. The molecule has 21 heavy (non-hydrogen) atoms. The molecule has 1 aromatic carbocycles. The third kappa shape index (κ3) is 3.52. The van der Waals surface area contributed by atoms with Gasteiger partial charge in [0.2, 0.25) is 0 Å². The Kier molecular flexibility index (Phi) is 4.19. The first kappa shape index (κ1) is 15.3. The van der Waals surface area contributed by atoms with Crippen LogP contribution in [0.1, 0.15) is 0 Å². The van der Waals surface area contributed by atoms with E-state index in [9.17, 15) is 22.9 Å². The number of hydrogen-bond acceptors (Lipinski definition) is 5. The molecule has 2 rings (SSSR count). The van der Waals surface area contributed by atoms with Crippen LogP contribution in [0.4, 0.5) is 15.9 Å². The first-order valence-electron chi connectivity index (χ1n) is 5.38. The van der Waals surface area contributed by atoms with E-state index in [-0.39, 0.29) is 5.82 Å². The molecule has 0 saturated heterocycles. The molecule has 0 aliphatic heterocycles. The molecule has 0 atom stereocenters. The largest absolute Gasteiger partial charge is 0.271 e. The number of nitro benzene ring substituents is 1. The Morgan fingerprint density at radius 1 is 1.29 bits per heavy atom. The molecule has 0 aliphatic rings. The van der Waals surface area contributed by atoms with Crippen molar-refractivity contribution in [2.24, 2.45) is 0 Å². The molecule has 1 aromatic heterocycles. The van der Waals surface area contributed by atoms with Gasteiger partial charge in [-0.05, 0) is 34.1 Å². The first-order valence-corrected chi connectivity index (χ1v) is 7.65. The van der Waals surface area contributed by atoms with Gasteiger partial charge in [-0.25, -0.2) is 17.8 Å². The molecule has 0 bridgehead atoms. The van der Waals surface area contributed by atoms with Crippen LogP contribution in [-0.2, 0) is 10.0 Å². The summed E-state index contributed by atoms with van der Waals surface area (Å²) in [5.41, 5.74) is -0.527. The lowest BCUT2D eigenvalue weighted by Crippen LogP contribution is -2.15. The van der Waals surface area contributed by atoms with Crippen LogP contribution in [0.25, 0.3) is 0 Å². The molecule has 1 N–H and O–H groups in total. The van der Waals surface area contributed by atoms with Crippen molar-refractivity contribution in [1.82, 2.24) is 4.98 Å². The number of aromatic nitrogens is 1. The summed E-state index contributed by atoms with van der Waals surface area (Å²) < 4.78 is 40.4. The summed E-state index contributed by atoms with van der Waals surface area (Å²) in [6.45, 7) is 0. The van der Waals surface area contributed by atoms with E-state index in [1.54, 1.807) is 0 Å². The van der Waals surface area contributed by atoms with Gasteiger partial charge in [0.1, 0.15) is 16.5 Å². The van der Waals surface area contributed by atoms with E-state index in [0.717, 1.165) is 12.1 Å². The molecule has 0 fully saturated rings. The fourth-order valence-corrected chi connectivity index (χ4v) is 2.78. The van der Waals surface area contributed by atoms with Gasteiger partial charge >= 0.3 is 0 Å². The van der Waals surface area contributed by atoms with Crippen molar-refractivity contribution in [2.45, 2.75) is 4.90 Å². The highest BCUT2D eigenvalue weighted by molar-refractivity contribution is 9.10. The lowest BCUT2D eigenvalue weighted by Gasteiger charge is -2.08. The average molecular weight is 376 g/mol. The van der Waals surface area contributed by atoms with E-state index in [1.165, 1.54) is 18.3 Å². The van der Waals surface area contributed by atoms with Gasteiger partial charge in [0.25, 0.3) is 15.7 Å². The van der Waals surface area contributed by atoms with Crippen molar-refractivity contribution < 1.29 is 17.7 Å². The predicted molar refractivity (Wildman–Crippen MR) is 75.8 cm³/mol. The molecular weight excluding hydrogens is 369 g/mol. The summed E-state index contributed by atoms with van der Waals surface area (Å²) in [5.74, 6) is -1.13. The quantitative estimate of drug-likeness (QED) is 0.653. The van der Waals surface area contributed by atoms with Gasteiger partial charge in [0.05, 0.1) is 4.92 Å². The Morgan fingerprint density at radius 2 is 2.00 bits per heavy atom. The fraction of sp³-hybridized carbons (Fsp3) is 0. The van der Waals surface area contributed by atoms with Gasteiger partial charge in [-0.3, -0.25) is 14.8 Å². The molecule has 0 unspecified atom stereocenters. The molecule has 2 aromatic rings. The Bertz CT molecular complexity index is 796. The summed E-state index contributed by atoms with van der Waals surface area (Å²) in [5, 5.41) is 10.6. The minimum absolute atomic E-state index is 0.0379. The number of nitro groups is 1. The van der Waals surface area contributed by atoms with E-state index in [0.29, 0.717) is 10.5 Å². The van der Waals surface area contributed by atoms with Crippen LogP contribution in [0.3, 0.4) is 0 Å². The van der Waals surface area contributed by atoms with Gasteiger partial charge in [0, 0.05) is 22.8 Å². The third-order valence-corrected chi connectivity index (χ3v) is 4.22. The number of halogens is 2. The molecule has 0 aliphatic carbocycles. The van der Waals surface area contributed by atoms with Crippen molar-refractivity contribution in [3.8, 4) is 0 Å². The Hall–Kier alpha value is -2.07. The number of nitrogens with one attached hydrogen (secondary N) is 1. The maximum Gasteiger partial charge on any atom is 0.271 e. The highest BCUT2D eigenvalue weighted by Crippen LogP contribution is 2.23. The van der Waals surface area contributed by atoms with Crippen LogP contribution in [0.2, 0.25) is 0 Å². The lowest BCUT2D eigenvalue weighted by atomic mass is 10.3. The molecule has 10 heteroatoms. The van der Waals surface area contributed by atoms with Gasteiger partial charge in [0.15, 0.2) is 0 Å². The van der Waals surface area contributed by atoms with E-state index in [4.69, 9.17) is 0 Å². The normalized spacial score (nSPS) is 11.1. The number of sulfonamides is 1. The Morgan fingerprint density at radius 3 is 2.57 bits per heavy atom. The smallest absolute Gasteiger partial charge is 0.263 e. The average Bonchev–Trinajstić information content (AvgIpc) is 2.41. The molecule has 7 nitrogen and oxygen atoms in total. The number of anilines is 1. The molecule has 0 spiro atoms. The van der Waals surface area contributed by atoms with Gasteiger partial charge in [-0.2, -0.15) is 0 Å². The number of non-ortho nitro benzene ring substituents is 1. The summed E-state index contributed by atoms with van der Waals surface area (Å²) in [4.78, 5) is 12.8. The van der Waals surface area contributed by atoms with Crippen LogP contribution in [0.5, 0.6) is 0 Å². The van der Waals surface area contributed by atoms with E-state index in [2.05, 4.69) is 20.9 Å². The van der Waals surface area contributed by atoms with Gasteiger partial charge in [-0.15, -0.1) is 0 Å². The minimum Gasteiger partial charge on any atom is -0.263 e. The first-order chi connectivity index (χ1) is 9.79. The third-order valence-electron chi connectivity index (χ3n) is 2.38. The zero-order valence-corrected chi connectivity index (χ0v) is 12.6. The summed E-state index contributed by atoms with van der Waals surface area (Å²) in [6.07, 6.45) is 1.35. The lowest BCUT2D eigenvalue weighted by molar-refractivity contribution is -0.385. The Balaban J connectivity index is 2.41. The standard InChI is InChI=1S/C11H7BrFN3O4S/c12-7-1-4-11(14-6-7)15-21(19,20)10-5-8(16(17)18)2-3-9(10)13/h1-6H,(H,14,15). The second-order valence-corrected chi connectivity index (χ2v) is 6.41. The zero-order chi connectivity index (χ0) is 15.6. The van der Waals surface area contributed by atoms with Crippen molar-refractivity contribution in [3.05, 3.63) is 56.9 Å². The highest BCUT2D eigenvalue weighted by atomic mass is 79.9. The molecular formula is C11H7BrFN3O4S. The number of rotatable bonds is 4. The fourth-order valence-electron chi connectivity index (χ4n) is 1.44. The van der Waals surface area contributed by atoms with Crippen LogP contribution >= 0.6 is 15.9 Å². The summed E-state index contributed by atoms with van der Waals surface area (Å²) >= 11 is 3.13. The monoisotopic (exact) mass is 375 g/mol. The van der Waals surface area contributed by atoms with Gasteiger partial charge in [-0.1, -0.05) is 0 Å². The van der Waals surface area contributed by atoms with Crippen molar-refractivity contribution >= 4 is 37.5 Å². The summed E-state index contributed by atoms with van der Waals surface area (Å²) in [7, 11) is -4.32. The van der Waals surface area contributed by atoms with Crippen LogP contribution in [-0.4, -0.2) is 18.3 Å².